The third-order valence-electron chi connectivity index (χ3n) is 2.74. The topological polar surface area (TPSA) is 56.7 Å². The largest absolute Gasteiger partial charge is 0.384 e. The van der Waals surface area contributed by atoms with Crippen LogP contribution in [-0.2, 0) is 0 Å². The van der Waals surface area contributed by atoms with Crippen LogP contribution in [0.15, 0.2) is 54.9 Å². The molecule has 0 spiro atoms. The van der Waals surface area contributed by atoms with Gasteiger partial charge in [0.1, 0.15) is 11.6 Å². The van der Waals surface area contributed by atoms with E-state index in [9.17, 15) is 4.39 Å². The van der Waals surface area contributed by atoms with E-state index in [0.29, 0.717) is 17.1 Å². The van der Waals surface area contributed by atoms with Gasteiger partial charge in [-0.3, -0.25) is 4.98 Å². The van der Waals surface area contributed by atoms with Crippen molar-refractivity contribution in [1.29, 1.82) is 0 Å². The first-order valence-electron chi connectivity index (χ1n) is 5.76. The highest BCUT2D eigenvalue weighted by atomic mass is 19.1. The zero-order valence-electron chi connectivity index (χ0n) is 9.99. The Kier molecular flexibility index (Phi) is 2.72. The number of aromatic nitrogens is 3. The lowest BCUT2D eigenvalue weighted by Crippen LogP contribution is -2.01. The van der Waals surface area contributed by atoms with Crippen molar-refractivity contribution in [2.45, 2.75) is 0 Å². The Balaban J connectivity index is 2.07. The van der Waals surface area contributed by atoms with Crippen molar-refractivity contribution in [3.8, 4) is 16.9 Å². The molecule has 0 aliphatic carbocycles. The molecular weight excluding hydrogens is 243 g/mol. The van der Waals surface area contributed by atoms with Crippen LogP contribution in [0.4, 0.5) is 10.2 Å². The number of anilines is 1. The van der Waals surface area contributed by atoms with Gasteiger partial charge in [-0.15, -0.1) is 0 Å². The normalized spacial score (nSPS) is 10.6. The lowest BCUT2D eigenvalue weighted by Gasteiger charge is -2.02. The van der Waals surface area contributed by atoms with Gasteiger partial charge >= 0.3 is 0 Å². The molecule has 2 N–H and O–H groups in total. The summed E-state index contributed by atoms with van der Waals surface area (Å²) in [6.45, 7) is 0. The molecule has 94 valence electrons. The van der Waals surface area contributed by atoms with Crippen LogP contribution >= 0.6 is 0 Å². The van der Waals surface area contributed by atoms with Crippen LogP contribution in [0.1, 0.15) is 0 Å². The van der Waals surface area contributed by atoms with E-state index in [0.717, 1.165) is 11.9 Å². The summed E-state index contributed by atoms with van der Waals surface area (Å²) in [7, 11) is 0. The van der Waals surface area contributed by atoms with Gasteiger partial charge in [-0.2, -0.15) is 5.10 Å². The highest BCUT2D eigenvalue weighted by molar-refractivity contribution is 5.62. The van der Waals surface area contributed by atoms with Gasteiger partial charge in [-0.1, -0.05) is 18.2 Å². The van der Waals surface area contributed by atoms with Gasteiger partial charge in [-0.25, -0.2) is 9.07 Å². The smallest absolute Gasteiger partial charge is 0.142 e. The molecule has 0 aliphatic rings. The van der Waals surface area contributed by atoms with Gasteiger partial charge in [0.2, 0.25) is 0 Å². The zero-order chi connectivity index (χ0) is 13.2. The average molecular weight is 254 g/mol. The number of rotatable bonds is 2. The second-order valence-corrected chi connectivity index (χ2v) is 4.09. The van der Waals surface area contributed by atoms with Crippen LogP contribution in [0.3, 0.4) is 0 Å². The van der Waals surface area contributed by atoms with Crippen LogP contribution in [-0.4, -0.2) is 14.8 Å². The standard InChI is InChI=1S/C14H11FN4/c15-11-6-10(8-17-9-11)13-7-14(16)19(18-13)12-4-2-1-3-5-12/h1-9H,16H2. The molecule has 2 heterocycles. The fourth-order valence-corrected chi connectivity index (χ4v) is 1.86. The summed E-state index contributed by atoms with van der Waals surface area (Å²) in [6.07, 6.45) is 2.71. The van der Waals surface area contributed by atoms with E-state index in [2.05, 4.69) is 10.1 Å². The van der Waals surface area contributed by atoms with Crippen molar-refractivity contribution in [3.63, 3.8) is 0 Å². The Bertz CT molecular complexity index is 706. The number of nitrogens with zero attached hydrogens (tertiary/aromatic N) is 3. The zero-order valence-corrected chi connectivity index (χ0v) is 9.99. The summed E-state index contributed by atoms with van der Waals surface area (Å²) in [6, 6.07) is 12.6. The van der Waals surface area contributed by atoms with Crippen LogP contribution < -0.4 is 5.73 Å². The first-order chi connectivity index (χ1) is 9.24. The highest BCUT2D eigenvalue weighted by Crippen LogP contribution is 2.22. The van der Waals surface area contributed by atoms with E-state index in [-0.39, 0.29) is 0 Å². The fourth-order valence-electron chi connectivity index (χ4n) is 1.86. The molecule has 0 unspecified atom stereocenters. The van der Waals surface area contributed by atoms with E-state index in [1.807, 2.05) is 30.3 Å². The maximum Gasteiger partial charge on any atom is 0.142 e. The Hall–Kier alpha value is -2.69. The SMILES string of the molecule is Nc1cc(-c2cncc(F)c2)nn1-c1ccccc1. The molecule has 0 amide bonds. The van der Waals surface area contributed by atoms with E-state index < -0.39 is 5.82 Å². The number of benzene rings is 1. The summed E-state index contributed by atoms with van der Waals surface area (Å²) in [5.74, 6) is 0.0933. The van der Waals surface area contributed by atoms with Crippen LogP contribution in [0, 0.1) is 5.82 Å². The molecule has 0 bridgehead atoms. The van der Waals surface area contributed by atoms with E-state index >= 15 is 0 Å². The van der Waals surface area contributed by atoms with Crippen LogP contribution in [0.25, 0.3) is 16.9 Å². The molecule has 19 heavy (non-hydrogen) atoms. The number of hydrogen-bond acceptors (Lipinski definition) is 3. The molecule has 0 saturated carbocycles. The summed E-state index contributed by atoms with van der Waals surface area (Å²) >= 11 is 0. The third-order valence-corrected chi connectivity index (χ3v) is 2.74. The average Bonchev–Trinajstić information content (AvgIpc) is 2.82. The van der Waals surface area contributed by atoms with Crippen molar-refractivity contribution < 1.29 is 4.39 Å². The number of nitrogens with two attached hydrogens (primary N) is 1. The molecule has 4 nitrogen and oxygen atoms in total. The Morgan fingerprint density at radius 2 is 1.84 bits per heavy atom. The molecule has 1 aromatic carbocycles. The maximum absolute atomic E-state index is 13.2. The van der Waals surface area contributed by atoms with E-state index in [4.69, 9.17) is 5.73 Å². The van der Waals surface area contributed by atoms with Crippen molar-refractivity contribution in [2.75, 3.05) is 5.73 Å². The Morgan fingerprint density at radius 1 is 1.05 bits per heavy atom. The maximum atomic E-state index is 13.2. The third kappa shape index (κ3) is 2.18. The van der Waals surface area contributed by atoms with Gasteiger partial charge in [-0.05, 0) is 18.2 Å². The van der Waals surface area contributed by atoms with Crippen LogP contribution in [0.5, 0.6) is 0 Å². The number of halogens is 1. The molecule has 0 saturated heterocycles. The number of pyridine rings is 1. The number of nitrogen functional groups attached to an aromatic ring is 1. The van der Waals surface area contributed by atoms with Gasteiger partial charge in [0.25, 0.3) is 0 Å². The van der Waals surface area contributed by atoms with E-state index in [1.165, 1.54) is 6.07 Å². The van der Waals surface area contributed by atoms with Crippen LogP contribution in [0.2, 0.25) is 0 Å². The van der Waals surface area contributed by atoms with Gasteiger partial charge in [0, 0.05) is 17.8 Å². The van der Waals surface area contributed by atoms with Gasteiger partial charge < -0.3 is 5.73 Å². The Morgan fingerprint density at radius 3 is 2.58 bits per heavy atom. The highest BCUT2D eigenvalue weighted by Gasteiger charge is 2.09. The molecule has 0 atom stereocenters. The van der Waals surface area contributed by atoms with Crippen molar-refractivity contribution in [2.24, 2.45) is 0 Å². The molecule has 0 aliphatic heterocycles. The predicted molar refractivity (Wildman–Crippen MR) is 71.2 cm³/mol. The summed E-state index contributed by atoms with van der Waals surface area (Å²) < 4.78 is 14.8. The quantitative estimate of drug-likeness (QED) is 0.764. The molecule has 0 fully saturated rings. The first kappa shape index (κ1) is 11.4. The second-order valence-electron chi connectivity index (χ2n) is 4.09. The summed E-state index contributed by atoms with van der Waals surface area (Å²) in [5, 5.41) is 4.38. The summed E-state index contributed by atoms with van der Waals surface area (Å²) in [5.41, 5.74) is 7.98. The fraction of sp³-hybridized carbons (Fsp3) is 0. The van der Waals surface area contributed by atoms with Gasteiger partial charge in [0.05, 0.1) is 17.6 Å². The number of para-hydroxylation sites is 1. The second kappa shape index (κ2) is 4.53. The minimum atomic E-state index is -0.398. The summed E-state index contributed by atoms with van der Waals surface area (Å²) in [4.78, 5) is 3.81. The van der Waals surface area contributed by atoms with Gasteiger partial charge in [0.15, 0.2) is 0 Å². The molecular formula is C14H11FN4. The Labute approximate surface area is 109 Å². The van der Waals surface area contributed by atoms with Crippen molar-refractivity contribution in [1.82, 2.24) is 14.8 Å². The monoisotopic (exact) mass is 254 g/mol. The first-order valence-corrected chi connectivity index (χ1v) is 5.76. The molecule has 2 aromatic heterocycles. The molecule has 3 rings (SSSR count). The molecule has 5 heteroatoms. The van der Waals surface area contributed by atoms with Crippen molar-refractivity contribution in [3.05, 3.63) is 60.7 Å². The lowest BCUT2D eigenvalue weighted by molar-refractivity contribution is 0.622. The number of hydrogen-bond donors (Lipinski definition) is 1. The minimum absolute atomic E-state index is 0.398. The molecule has 0 radical (unpaired) electrons. The van der Waals surface area contributed by atoms with Crippen molar-refractivity contribution >= 4 is 5.82 Å². The minimum Gasteiger partial charge on any atom is -0.384 e. The molecule has 3 aromatic rings. The predicted octanol–water partition coefficient (Wildman–Crippen LogP) is 2.66. The lowest BCUT2D eigenvalue weighted by atomic mass is 10.2. The van der Waals surface area contributed by atoms with E-state index in [1.54, 1.807) is 16.9 Å².